The van der Waals surface area contributed by atoms with Gasteiger partial charge in [-0.05, 0) is 0 Å². The molecule has 0 aliphatic carbocycles. The third-order valence-corrected chi connectivity index (χ3v) is 2.93. The fourth-order valence-corrected chi connectivity index (χ4v) is 1.81. The molecule has 1 atom stereocenters. The van der Waals surface area contributed by atoms with Crippen LogP contribution in [-0.2, 0) is 11.2 Å². The van der Waals surface area contributed by atoms with E-state index < -0.39 is 12.0 Å². The molecule has 0 spiro atoms. The fourth-order valence-electron chi connectivity index (χ4n) is 1.07. The minimum atomic E-state index is -0.781. The van der Waals surface area contributed by atoms with E-state index in [9.17, 15) is 4.79 Å². The third kappa shape index (κ3) is 3.37. The monoisotopic (exact) mass is 287 g/mol. The van der Waals surface area contributed by atoms with Crippen LogP contribution in [0, 0.1) is 0 Å². The predicted octanol–water partition coefficient (Wildman–Crippen LogP) is -0.180. The van der Waals surface area contributed by atoms with E-state index in [2.05, 4.69) is 3.48 Å². The summed E-state index contributed by atoms with van der Waals surface area (Å²) in [5, 5.41) is 8.79. The van der Waals surface area contributed by atoms with Crippen LogP contribution in [0.1, 0.15) is 5.56 Å². The van der Waals surface area contributed by atoms with Crippen molar-refractivity contribution >= 4 is 29.3 Å². The van der Waals surface area contributed by atoms with E-state index >= 15 is 0 Å². The number of benzene rings is 1. The Morgan fingerprint density at radius 3 is 2.54 bits per heavy atom. The number of nitrogens with one attached hydrogen (secondary N) is 1. The molecule has 13 heavy (non-hydrogen) atoms. The van der Waals surface area contributed by atoms with Crippen molar-refractivity contribution in [2.45, 2.75) is 12.5 Å². The van der Waals surface area contributed by atoms with Crippen LogP contribution >= 0.6 is 0 Å². The molecule has 0 heterocycles. The van der Waals surface area contributed by atoms with Gasteiger partial charge in [0, 0.05) is 0 Å². The van der Waals surface area contributed by atoms with E-state index in [0.717, 1.165) is 28.9 Å². The predicted molar refractivity (Wildman–Crippen MR) is 53.2 cm³/mol. The van der Waals surface area contributed by atoms with Gasteiger partial charge in [-0.3, -0.25) is 0 Å². The van der Waals surface area contributed by atoms with Crippen LogP contribution in [0.3, 0.4) is 0 Å². The second-order valence-electron chi connectivity index (χ2n) is 2.75. The van der Waals surface area contributed by atoms with Crippen LogP contribution in [0.2, 0.25) is 0 Å². The maximum atomic E-state index is 10.7. The molecule has 1 rings (SSSR count). The second kappa shape index (κ2) is 5.25. The zero-order valence-electron chi connectivity index (χ0n) is 7.10. The Bertz CT molecular complexity index is 276. The number of rotatable bonds is 4. The number of carbonyl (C=O) groups is 1. The van der Waals surface area contributed by atoms with Crippen molar-refractivity contribution in [3.63, 3.8) is 0 Å². The van der Waals surface area contributed by atoms with E-state index in [1.165, 1.54) is 0 Å². The van der Waals surface area contributed by atoms with Gasteiger partial charge in [-0.2, -0.15) is 0 Å². The number of hydrogen-bond donors (Lipinski definition) is 2. The summed E-state index contributed by atoms with van der Waals surface area (Å²) in [5.74, 6) is -0.781. The number of hydrogen-bond acceptors (Lipinski definition) is 2. The van der Waals surface area contributed by atoms with Gasteiger partial charge in [-0.25, -0.2) is 0 Å². The van der Waals surface area contributed by atoms with Crippen molar-refractivity contribution in [2.24, 2.45) is 0 Å². The fraction of sp³-hybridized carbons (Fsp3) is 0.222. The van der Waals surface area contributed by atoms with Crippen LogP contribution in [0.4, 0.5) is 0 Å². The third-order valence-electron chi connectivity index (χ3n) is 1.78. The summed E-state index contributed by atoms with van der Waals surface area (Å²) in [6, 6.07) is 9.19. The first-order chi connectivity index (χ1) is 6.24. The molecule has 4 heteroatoms. The molecule has 0 saturated carbocycles. The van der Waals surface area contributed by atoms with Crippen molar-refractivity contribution in [3.8, 4) is 0 Å². The molecular weight excluding hydrogens is 276 g/mol. The van der Waals surface area contributed by atoms with Crippen molar-refractivity contribution < 1.29 is 9.90 Å². The SMILES string of the molecule is O=C(O)[C@H](Cc1ccccc1)[NH][SbH2]. The van der Waals surface area contributed by atoms with E-state index in [0.29, 0.717) is 6.42 Å². The first-order valence-corrected chi connectivity index (χ1v) is 5.61. The summed E-state index contributed by atoms with van der Waals surface area (Å²) in [6.45, 7) is 0. The molecule has 0 saturated heterocycles. The van der Waals surface area contributed by atoms with Gasteiger partial charge in [-0.1, -0.05) is 0 Å². The molecule has 1 aromatic carbocycles. The van der Waals surface area contributed by atoms with Crippen LogP contribution in [-0.4, -0.2) is 40.4 Å². The number of carboxylic acid groups (broad SMARTS) is 1. The normalized spacial score (nSPS) is 12.4. The van der Waals surface area contributed by atoms with E-state index in [1.54, 1.807) is 0 Å². The topological polar surface area (TPSA) is 49.3 Å². The Labute approximate surface area is 91.0 Å². The molecule has 2 N–H and O–H groups in total. The molecule has 0 fully saturated rings. The summed E-state index contributed by atoms with van der Waals surface area (Å²) in [4.78, 5) is 10.7. The Balaban J connectivity index is 2.62. The Morgan fingerprint density at radius 1 is 1.46 bits per heavy atom. The van der Waals surface area contributed by atoms with Gasteiger partial charge in [0.05, 0.1) is 0 Å². The van der Waals surface area contributed by atoms with Gasteiger partial charge in [0.1, 0.15) is 0 Å². The maximum absolute atomic E-state index is 10.7. The van der Waals surface area contributed by atoms with Gasteiger partial charge >= 0.3 is 91.0 Å². The van der Waals surface area contributed by atoms with Crippen molar-refractivity contribution in [2.75, 3.05) is 0 Å². The van der Waals surface area contributed by atoms with Crippen molar-refractivity contribution in [1.82, 2.24) is 3.48 Å². The van der Waals surface area contributed by atoms with Crippen LogP contribution in [0.5, 0.6) is 0 Å². The Kier molecular flexibility index (Phi) is 4.26. The van der Waals surface area contributed by atoms with Gasteiger partial charge in [-0.15, -0.1) is 0 Å². The number of aliphatic carboxylic acids is 1. The second-order valence-corrected chi connectivity index (χ2v) is 3.70. The molecule has 0 aliphatic rings. The summed E-state index contributed by atoms with van der Waals surface area (Å²) in [7, 11) is 0. The zero-order valence-corrected chi connectivity index (χ0v) is 10.4. The summed E-state index contributed by atoms with van der Waals surface area (Å²) in [5.41, 5.74) is 1.05. The molecule has 0 aliphatic heterocycles. The summed E-state index contributed by atoms with van der Waals surface area (Å²) >= 11 is 0.761. The Morgan fingerprint density at radius 2 is 2.08 bits per heavy atom. The molecule has 70 valence electrons. The van der Waals surface area contributed by atoms with Crippen LogP contribution < -0.4 is 3.48 Å². The van der Waals surface area contributed by atoms with E-state index in [4.69, 9.17) is 5.11 Å². The molecule has 3 nitrogen and oxygen atoms in total. The first-order valence-electron chi connectivity index (χ1n) is 3.97. The molecule has 0 unspecified atom stereocenters. The summed E-state index contributed by atoms with van der Waals surface area (Å²) in [6.07, 6.45) is 0.553. The van der Waals surface area contributed by atoms with Crippen molar-refractivity contribution in [1.29, 1.82) is 0 Å². The van der Waals surface area contributed by atoms with E-state index in [-0.39, 0.29) is 0 Å². The van der Waals surface area contributed by atoms with Crippen LogP contribution in [0.15, 0.2) is 30.3 Å². The molecule has 0 bridgehead atoms. The van der Waals surface area contributed by atoms with E-state index in [1.807, 2.05) is 30.3 Å². The Hall–Kier alpha value is -0.532. The zero-order chi connectivity index (χ0) is 9.68. The van der Waals surface area contributed by atoms with Gasteiger partial charge in [0.15, 0.2) is 0 Å². The van der Waals surface area contributed by atoms with Crippen LogP contribution in [0.25, 0.3) is 0 Å². The number of carboxylic acids is 1. The summed E-state index contributed by atoms with van der Waals surface area (Å²) < 4.78 is 2.88. The van der Waals surface area contributed by atoms with Gasteiger partial charge in [0.25, 0.3) is 0 Å². The first kappa shape index (κ1) is 10.5. The van der Waals surface area contributed by atoms with Crippen molar-refractivity contribution in [3.05, 3.63) is 35.9 Å². The molecule has 1 aromatic rings. The molecule has 0 aromatic heterocycles. The average Bonchev–Trinajstić information content (AvgIpc) is 2.15. The molecule has 0 radical (unpaired) electrons. The standard InChI is InChI=1S/C9H10NO2.Sb.2H/c10-8(9(11)12)6-7-4-2-1-3-5-7;;;/h1-5,8,10H,6H2,(H,11,12);;;/q-1;+1;;/t8-;;;/m0.../s1. The molecule has 0 amide bonds. The quantitative estimate of drug-likeness (QED) is 0.756. The molecular formula is C9H12NO2Sb. The minimum absolute atomic E-state index is 0.440. The average molecular weight is 288 g/mol. The van der Waals surface area contributed by atoms with Gasteiger partial charge in [0.2, 0.25) is 0 Å². The van der Waals surface area contributed by atoms with Gasteiger partial charge < -0.3 is 0 Å².